The van der Waals surface area contributed by atoms with Gasteiger partial charge in [0.2, 0.25) is 0 Å². The fourth-order valence-electron chi connectivity index (χ4n) is 4.66. The van der Waals surface area contributed by atoms with E-state index in [1.54, 1.807) is 0 Å². The Labute approximate surface area is 191 Å². The number of carboxylic acid groups (broad SMARTS) is 1. The molecule has 2 atom stereocenters. The van der Waals surface area contributed by atoms with Gasteiger partial charge < -0.3 is 5.11 Å². The number of rotatable bonds is 6. The summed E-state index contributed by atoms with van der Waals surface area (Å²) in [4.78, 5) is 13.5. The number of likely N-dealkylation sites (tertiary alicyclic amines) is 1. The maximum absolute atomic E-state index is 13.0. The second kappa shape index (κ2) is 9.79. The van der Waals surface area contributed by atoms with E-state index in [1.807, 2.05) is 24.3 Å². The maximum Gasteiger partial charge on any atom is 0.416 e. The van der Waals surface area contributed by atoms with Crippen molar-refractivity contribution < 1.29 is 23.1 Å². The summed E-state index contributed by atoms with van der Waals surface area (Å²) in [6, 6.07) is 23.5. The van der Waals surface area contributed by atoms with E-state index >= 15 is 0 Å². The molecule has 1 aliphatic heterocycles. The van der Waals surface area contributed by atoms with E-state index in [0.29, 0.717) is 19.5 Å². The summed E-state index contributed by atoms with van der Waals surface area (Å²) in [5.74, 6) is -0.836. The largest absolute Gasteiger partial charge is 0.481 e. The molecule has 0 spiro atoms. The fourth-order valence-corrected chi connectivity index (χ4v) is 4.66. The average molecular weight is 454 g/mol. The Morgan fingerprint density at radius 1 is 0.939 bits per heavy atom. The van der Waals surface area contributed by atoms with Gasteiger partial charge in [-0.3, -0.25) is 9.69 Å². The third-order valence-electron chi connectivity index (χ3n) is 6.33. The monoisotopic (exact) mass is 453 g/mol. The minimum Gasteiger partial charge on any atom is -0.481 e. The van der Waals surface area contributed by atoms with Gasteiger partial charge in [-0.2, -0.15) is 13.2 Å². The van der Waals surface area contributed by atoms with E-state index in [-0.39, 0.29) is 18.4 Å². The molecule has 4 rings (SSSR count). The molecule has 0 saturated carbocycles. The first-order valence-electron chi connectivity index (χ1n) is 11.1. The molecule has 0 radical (unpaired) electrons. The highest BCUT2D eigenvalue weighted by Gasteiger charge is 2.33. The van der Waals surface area contributed by atoms with Gasteiger partial charge in [0.1, 0.15) is 0 Å². The van der Waals surface area contributed by atoms with Crippen LogP contribution in [-0.2, 0) is 17.5 Å². The zero-order valence-corrected chi connectivity index (χ0v) is 18.1. The number of nitrogens with zero attached hydrogens (tertiary/aromatic N) is 1. The van der Waals surface area contributed by atoms with Crippen LogP contribution in [0.2, 0.25) is 0 Å². The zero-order valence-electron chi connectivity index (χ0n) is 18.1. The Balaban J connectivity index is 1.58. The van der Waals surface area contributed by atoms with Crippen LogP contribution >= 0.6 is 0 Å². The predicted octanol–water partition coefficient (Wildman–Crippen LogP) is 6.80. The Bertz CT molecular complexity index is 1080. The standard InChI is InChI=1S/C27H26F3NO2/c28-27(29,30)24-11-9-22(10-12-24)25-16-19(17-26(32)33)13-14-31(25)18-20-5-4-8-23(15-20)21-6-2-1-3-7-21/h1-12,15,19,25H,13-14,16-18H2,(H,32,33). The summed E-state index contributed by atoms with van der Waals surface area (Å²) in [5.41, 5.74) is 3.47. The summed E-state index contributed by atoms with van der Waals surface area (Å²) in [5, 5.41) is 9.25. The second-order valence-corrected chi connectivity index (χ2v) is 8.66. The number of carbonyl (C=O) groups is 1. The number of halogens is 3. The smallest absolute Gasteiger partial charge is 0.416 e. The van der Waals surface area contributed by atoms with Crippen molar-refractivity contribution in [1.82, 2.24) is 4.90 Å². The molecule has 0 aliphatic carbocycles. The van der Waals surface area contributed by atoms with Gasteiger partial charge in [-0.1, -0.05) is 60.7 Å². The number of aliphatic carboxylic acids is 1. The van der Waals surface area contributed by atoms with E-state index in [1.165, 1.54) is 12.1 Å². The predicted molar refractivity (Wildman–Crippen MR) is 121 cm³/mol. The van der Waals surface area contributed by atoms with Crippen molar-refractivity contribution in [2.75, 3.05) is 6.54 Å². The molecule has 33 heavy (non-hydrogen) atoms. The molecule has 3 aromatic carbocycles. The van der Waals surface area contributed by atoms with Crippen LogP contribution < -0.4 is 0 Å². The first-order valence-corrected chi connectivity index (χ1v) is 11.1. The molecular formula is C27H26F3NO2. The molecule has 1 aliphatic rings. The first kappa shape index (κ1) is 23.1. The second-order valence-electron chi connectivity index (χ2n) is 8.66. The van der Waals surface area contributed by atoms with Crippen molar-refractivity contribution in [3.63, 3.8) is 0 Å². The van der Waals surface area contributed by atoms with Gasteiger partial charge in [0.15, 0.2) is 0 Å². The van der Waals surface area contributed by atoms with Crippen LogP contribution in [0, 0.1) is 5.92 Å². The molecule has 0 bridgehead atoms. The van der Waals surface area contributed by atoms with Gasteiger partial charge in [0.25, 0.3) is 0 Å². The van der Waals surface area contributed by atoms with Crippen LogP contribution in [0.3, 0.4) is 0 Å². The van der Waals surface area contributed by atoms with Crippen LogP contribution in [-0.4, -0.2) is 22.5 Å². The third-order valence-corrected chi connectivity index (χ3v) is 6.33. The number of alkyl halides is 3. The third kappa shape index (κ3) is 5.82. The van der Waals surface area contributed by atoms with Crippen molar-refractivity contribution in [3.05, 3.63) is 95.6 Å². The number of piperidine rings is 1. The molecule has 0 aromatic heterocycles. The van der Waals surface area contributed by atoms with E-state index < -0.39 is 17.7 Å². The topological polar surface area (TPSA) is 40.5 Å². The average Bonchev–Trinajstić information content (AvgIpc) is 2.80. The Hall–Kier alpha value is -3.12. The van der Waals surface area contributed by atoms with Gasteiger partial charge in [-0.25, -0.2) is 0 Å². The van der Waals surface area contributed by atoms with Gasteiger partial charge in [-0.05, 0) is 65.8 Å². The van der Waals surface area contributed by atoms with Gasteiger partial charge in [0, 0.05) is 19.0 Å². The quantitative estimate of drug-likeness (QED) is 0.446. The first-order chi connectivity index (χ1) is 15.8. The van der Waals surface area contributed by atoms with Gasteiger partial charge >= 0.3 is 12.1 Å². The minimum absolute atomic E-state index is 0.00157. The highest BCUT2D eigenvalue weighted by Crippen LogP contribution is 2.38. The molecule has 3 aromatic rings. The molecule has 1 saturated heterocycles. The van der Waals surface area contributed by atoms with Crippen LogP contribution in [0.1, 0.15) is 42.0 Å². The lowest BCUT2D eigenvalue weighted by molar-refractivity contribution is -0.139. The summed E-state index contributed by atoms with van der Waals surface area (Å²) < 4.78 is 39.1. The van der Waals surface area contributed by atoms with E-state index in [2.05, 4.69) is 35.2 Å². The summed E-state index contributed by atoms with van der Waals surface area (Å²) in [6.07, 6.45) is -2.94. The SMILES string of the molecule is O=C(O)CC1CCN(Cc2cccc(-c3ccccc3)c2)C(c2ccc(C(F)(F)F)cc2)C1. The van der Waals surface area contributed by atoms with Gasteiger partial charge in [-0.15, -0.1) is 0 Å². The van der Waals surface area contributed by atoms with Crippen LogP contribution in [0.15, 0.2) is 78.9 Å². The van der Waals surface area contributed by atoms with Crippen molar-refractivity contribution in [2.45, 2.75) is 38.0 Å². The van der Waals surface area contributed by atoms with Crippen LogP contribution in [0.5, 0.6) is 0 Å². The van der Waals surface area contributed by atoms with Gasteiger partial charge in [0.05, 0.1) is 5.56 Å². The molecule has 0 amide bonds. The molecule has 1 heterocycles. The Morgan fingerprint density at radius 2 is 1.64 bits per heavy atom. The van der Waals surface area contributed by atoms with Crippen molar-refractivity contribution in [1.29, 1.82) is 0 Å². The highest BCUT2D eigenvalue weighted by molar-refractivity contribution is 5.67. The molecule has 2 unspecified atom stereocenters. The summed E-state index contributed by atoms with van der Waals surface area (Å²) >= 11 is 0. The van der Waals surface area contributed by atoms with Crippen molar-refractivity contribution >= 4 is 5.97 Å². The molecule has 1 N–H and O–H groups in total. The molecular weight excluding hydrogens is 427 g/mol. The zero-order chi connectivity index (χ0) is 23.4. The maximum atomic E-state index is 13.0. The van der Waals surface area contributed by atoms with E-state index in [4.69, 9.17) is 0 Å². The van der Waals surface area contributed by atoms with Crippen LogP contribution in [0.4, 0.5) is 13.2 Å². The summed E-state index contributed by atoms with van der Waals surface area (Å²) in [6.45, 7) is 1.34. The highest BCUT2D eigenvalue weighted by atomic mass is 19.4. The van der Waals surface area contributed by atoms with E-state index in [0.717, 1.165) is 40.8 Å². The lowest BCUT2D eigenvalue weighted by atomic mass is 9.84. The lowest BCUT2D eigenvalue weighted by Gasteiger charge is -2.39. The minimum atomic E-state index is -4.38. The van der Waals surface area contributed by atoms with Crippen molar-refractivity contribution in [3.8, 4) is 11.1 Å². The Kier molecular flexibility index (Phi) is 6.84. The normalized spacial score (nSPS) is 19.4. The molecule has 172 valence electrons. The molecule has 6 heteroatoms. The van der Waals surface area contributed by atoms with E-state index in [9.17, 15) is 23.1 Å². The fraction of sp³-hybridized carbons (Fsp3) is 0.296. The molecule has 3 nitrogen and oxygen atoms in total. The summed E-state index contributed by atoms with van der Waals surface area (Å²) in [7, 11) is 0. The number of hydrogen-bond acceptors (Lipinski definition) is 2. The van der Waals surface area contributed by atoms with Crippen molar-refractivity contribution in [2.24, 2.45) is 5.92 Å². The lowest BCUT2D eigenvalue weighted by Crippen LogP contribution is -2.37. The molecule has 1 fully saturated rings. The number of hydrogen-bond donors (Lipinski definition) is 1. The Morgan fingerprint density at radius 3 is 2.30 bits per heavy atom. The number of carboxylic acids is 1. The van der Waals surface area contributed by atoms with Crippen LogP contribution in [0.25, 0.3) is 11.1 Å². The number of benzene rings is 3.